The van der Waals surface area contributed by atoms with E-state index in [0.29, 0.717) is 10.8 Å². The van der Waals surface area contributed by atoms with Crippen molar-refractivity contribution < 1.29 is 14.3 Å². The number of benzene rings is 1. The molecule has 8 heteroatoms. The number of nitrogens with one attached hydrogen (secondary N) is 1. The second kappa shape index (κ2) is 8.12. The third-order valence-corrected chi connectivity index (χ3v) is 3.99. The van der Waals surface area contributed by atoms with Crippen molar-refractivity contribution in [1.82, 2.24) is 9.97 Å². The molecule has 0 spiro atoms. The van der Waals surface area contributed by atoms with Crippen molar-refractivity contribution in [1.29, 1.82) is 0 Å². The summed E-state index contributed by atoms with van der Waals surface area (Å²) in [5, 5.41) is 3.18. The Hall–Kier alpha value is -2.12. The first-order valence-electron chi connectivity index (χ1n) is 7.06. The number of anilines is 1. The summed E-state index contributed by atoms with van der Waals surface area (Å²) >= 11 is 7.20. The average Bonchev–Trinajstić information content (AvgIpc) is 2.57. The van der Waals surface area contributed by atoms with Gasteiger partial charge < -0.3 is 10.1 Å². The number of hydrogen-bond donors (Lipinski definition) is 1. The molecule has 2 aromatic rings. The van der Waals surface area contributed by atoms with Gasteiger partial charge in [-0.1, -0.05) is 41.6 Å². The molecular formula is C16H16ClN3O3S. The van der Waals surface area contributed by atoms with Crippen LogP contribution in [0.5, 0.6) is 0 Å². The summed E-state index contributed by atoms with van der Waals surface area (Å²) in [7, 11) is 0. The maximum absolute atomic E-state index is 12.2. The number of hydrogen-bond acceptors (Lipinski definition) is 6. The molecule has 0 fully saturated rings. The highest BCUT2D eigenvalue weighted by atomic mass is 35.5. The molecule has 0 aliphatic carbocycles. The number of rotatable bonds is 5. The predicted octanol–water partition coefficient (Wildman–Crippen LogP) is 3.34. The van der Waals surface area contributed by atoms with E-state index in [4.69, 9.17) is 16.3 Å². The number of aryl methyl sites for hydroxylation is 1. The van der Waals surface area contributed by atoms with Crippen molar-refractivity contribution in [2.24, 2.45) is 0 Å². The molecule has 0 aliphatic rings. The van der Waals surface area contributed by atoms with E-state index in [9.17, 15) is 9.59 Å². The van der Waals surface area contributed by atoms with Crippen LogP contribution in [0.15, 0.2) is 35.6 Å². The molecular weight excluding hydrogens is 350 g/mol. The van der Waals surface area contributed by atoms with Gasteiger partial charge in [0.05, 0.1) is 11.2 Å². The Bertz CT molecular complexity index is 770. The number of aromatic nitrogens is 2. The van der Waals surface area contributed by atoms with Crippen LogP contribution in [0.1, 0.15) is 23.0 Å². The molecule has 0 saturated carbocycles. The molecule has 0 saturated heterocycles. The van der Waals surface area contributed by atoms with Crippen molar-refractivity contribution in [2.45, 2.75) is 25.1 Å². The van der Waals surface area contributed by atoms with E-state index in [1.807, 2.05) is 25.1 Å². The highest BCUT2D eigenvalue weighted by Crippen LogP contribution is 2.18. The lowest BCUT2D eigenvalue weighted by Crippen LogP contribution is -2.30. The van der Waals surface area contributed by atoms with Crippen LogP contribution < -0.4 is 5.32 Å². The third-order valence-electron chi connectivity index (χ3n) is 3.15. The van der Waals surface area contributed by atoms with Crippen molar-refractivity contribution in [2.75, 3.05) is 11.6 Å². The second-order valence-electron chi connectivity index (χ2n) is 4.90. The standard InChI is InChI=1S/C16H16ClN3O3S/c1-9-6-4-5-7-12(9)19-14(21)10(2)23-15(22)13-11(17)8-18-16(20-13)24-3/h4-8,10H,1-3H3,(H,19,21). The fourth-order valence-corrected chi connectivity index (χ4v) is 2.32. The zero-order valence-electron chi connectivity index (χ0n) is 13.4. The van der Waals surface area contributed by atoms with Crippen LogP contribution in [0, 0.1) is 6.92 Å². The molecule has 24 heavy (non-hydrogen) atoms. The molecule has 1 N–H and O–H groups in total. The zero-order valence-corrected chi connectivity index (χ0v) is 14.9. The Morgan fingerprint density at radius 1 is 1.33 bits per heavy atom. The summed E-state index contributed by atoms with van der Waals surface area (Å²) < 4.78 is 5.16. The predicted molar refractivity (Wildman–Crippen MR) is 93.5 cm³/mol. The summed E-state index contributed by atoms with van der Waals surface area (Å²) in [5.41, 5.74) is 1.51. The molecule has 0 bridgehead atoms. The average molecular weight is 366 g/mol. The van der Waals surface area contributed by atoms with Crippen molar-refractivity contribution in [3.8, 4) is 0 Å². The molecule has 2 rings (SSSR count). The van der Waals surface area contributed by atoms with Crippen LogP contribution in [-0.4, -0.2) is 34.2 Å². The van der Waals surface area contributed by atoms with E-state index in [1.54, 1.807) is 12.3 Å². The topological polar surface area (TPSA) is 81.2 Å². The first kappa shape index (κ1) is 18.2. The molecule has 126 valence electrons. The van der Waals surface area contributed by atoms with Crippen molar-refractivity contribution in [3.63, 3.8) is 0 Å². The quantitative estimate of drug-likeness (QED) is 0.497. The van der Waals surface area contributed by atoms with Crippen molar-refractivity contribution >= 4 is 40.9 Å². The first-order chi connectivity index (χ1) is 11.4. The molecule has 1 aromatic heterocycles. The molecule has 1 atom stereocenters. The van der Waals surface area contributed by atoms with E-state index in [0.717, 1.165) is 5.56 Å². The van der Waals surface area contributed by atoms with Crippen LogP contribution in [0.25, 0.3) is 0 Å². The van der Waals surface area contributed by atoms with Gasteiger partial charge in [0, 0.05) is 5.69 Å². The fraction of sp³-hybridized carbons (Fsp3) is 0.250. The zero-order chi connectivity index (χ0) is 17.7. The van der Waals surface area contributed by atoms with Gasteiger partial charge in [-0.05, 0) is 31.7 Å². The van der Waals surface area contributed by atoms with Gasteiger partial charge in [0.25, 0.3) is 5.91 Å². The van der Waals surface area contributed by atoms with Gasteiger partial charge in [0.1, 0.15) is 0 Å². The third kappa shape index (κ3) is 4.46. The minimum Gasteiger partial charge on any atom is -0.448 e. The second-order valence-corrected chi connectivity index (χ2v) is 6.09. The number of carbonyl (C=O) groups excluding carboxylic acids is 2. The lowest BCUT2D eigenvalue weighted by atomic mass is 10.2. The van der Waals surface area contributed by atoms with Crippen LogP contribution in [0.3, 0.4) is 0 Å². The van der Waals surface area contributed by atoms with E-state index in [1.165, 1.54) is 24.9 Å². The number of amides is 1. The van der Waals surface area contributed by atoms with E-state index in [2.05, 4.69) is 15.3 Å². The number of para-hydroxylation sites is 1. The lowest BCUT2D eigenvalue weighted by Gasteiger charge is -2.14. The number of ether oxygens (including phenoxy) is 1. The number of nitrogens with zero attached hydrogens (tertiary/aromatic N) is 2. The highest BCUT2D eigenvalue weighted by molar-refractivity contribution is 7.98. The fourth-order valence-electron chi connectivity index (χ4n) is 1.81. The van der Waals surface area contributed by atoms with E-state index in [-0.39, 0.29) is 10.7 Å². The van der Waals surface area contributed by atoms with Crippen LogP contribution >= 0.6 is 23.4 Å². The van der Waals surface area contributed by atoms with Gasteiger partial charge in [-0.25, -0.2) is 14.8 Å². The smallest absolute Gasteiger partial charge is 0.359 e. The summed E-state index contributed by atoms with van der Waals surface area (Å²) in [6.07, 6.45) is 2.10. The minimum absolute atomic E-state index is 0.0634. The maximum atomic E-state index is 12.2. The molecule has 1 heterocycles. The van der Waals surface area contributed by atoms with Crippen LogP contribution in [0.2, 0.25) is 5.02 Å². The first-order valence-corrected chi connectivity index (χ1v) is 8.66. The maximum Gasteiger partial charge on any atom is 0.359 e. The summed E-state index contributed by atoms with van der Waals surface area (Å²) in [4.78, 5) is 32.3. The van der Waals surface area contributed by atoms with Gasteiger partial charge in [-0.15, -0.1) is 0 Å². The molecule has 0 aliphatic heterocycles. The largest absolute Gasteiger partial charge is 0.448 e. The number of halogens is 1. The van der Waals surface area contributed by atoms with Gasteiger partial charge in [0.2, 0.25) is 0 Å². The summed E-state index contributed by atoms with van der Waals surface area (Å²) in [6, 6.07) is 7.32. The summed E-state index contributed by atoms with van der Waals surface area (Å²) in [6.45, 7) is 3.35. The Balaban J connectivity index is 2.06. The Morgan fingerprint density at radius 3 is 2.71 bits per heavy atom. The minimum atomic E-state index is -0.999. The molecule has 1 amide bonds. The molecule has 1 aromatic carbocycles. The van der Waals surface area contributed by atoms with Gasteiger partial charge in [-0.2, -0.15) is 0 Å². The Kier molecular flexibility index (Phi) is 6.16. The number of thioether (sulfide) groups is 1. The number of esters is 1. The van der Waals surface area contributed by atoms with Crippen LogP contribution in [-0.2, 0) is 9.53 Å². The monoisotopic (exact) mass is 365 g/mol. The van der Waals surface area contributed by atoms with Crippen LogP contribution in [0.4, 0.5) is 5.69 Å². The lowest BCUT2D eigenvalue weighted by molar-refractivity contribution is -0.123. The van der Waals surface area contributed by atoms with Gasteiger partial charge in [0.15, 0.2) is 17.0 Å². The molecule has 6 nitrogen and oxygen atoms in total. The highest BCUT2D eigenvalue weighted by Gasteiger charge is 2.22. The molecule has 1 unspecified atom stereocenters. The van der Waals surface area contributed by atoms with Gasteiger partial charge >= 0.3 is 5.97 Å². The summed E-state index contributed by atoms with van der Waals surface area (Å²) in [5.74, 6) is -1.21. The van der Waals surface area contributed by atoms with Crippen molar-refractivity contribution in [3.05, 3.63) is 46.7 Å². The Morgan fingerprint density at radius 2 is 2.04 bits per heavy atom. The Labute approximate surface area is 149 Å². The van der Waals surface area contributed by atoms with E-state index < -0.39 is 18.0 Å². The van der Waals surface area contributed by atoms with Gasteiger partial charge in [-0.3, -0.25) is 4.79 Å². The molecule has 0 radical (unpaired) electrons. The normalized spacial score (nSPS) is 11.7. The van der Waals surface area contributed by atoms with E-state index >= 15 is 0 Å². The number of carbonyl (C=O) groups is 2. The SMILES string of the molecule is CSc1ncc(Cl)c(C(=O)OC(C)C(=O)Nc2ccccc2C)n1.